The van der Waals surface area contributed by atoms with Crippen molar-refractivity contribution in [1.29, 1.82) is 0 Å². The fourth-order valence-corrected chi connectivity index (χ4v) is 2.16. The average molecular weight is 329 g/mol. The predicted octanol–water partition coefficient (Wildman–Crippen LogP) is 2.25. The molecule has 0 radical (unpaired) electrons. The molecule has 0 saturated carbocycles. The molecule has 2 rings (SSSR count). The first kappa shape index (κ1) is 17.8. The minimum atomic E-state index is 0.603. The topological polar surface area (TPSA) is 63.5 Å². The van der Waals surface area contributed by atoms with E-state index in [1.54, 1.807) is 6.20 Å². The summed E-state index contributed by atoms with van der Waals surface area (Å²) in [5.41, 5.74) is 2.32. The van der Waals surface area contributed by atoms with Crippen molar-refractivity contribution >= 4 is 5.96 Å². The van der Waals surface area contributed by atoms with Gasteiger partial charge in [-0.1, -0.05) is 17.7 Å². The zero-order chi connectivity index (χ0) is 17.2. The SMILES string of the molecule is CCNC(=NCc1ccnn1C)NCCCOc1ccc(C)cc1. The normalized spacial score (nSPS) is 11.4. The van der Waals surface area contributed by atoms with Gasteiger partial charge in [0.05, 0.1) is 18.8 Å². The number of guanidine groups is 1. The van der Waals surface area contributed by atoms with Gasteiger partial charge in [-0.2, -0.15) is 5.10 Å². The molecule has 0 fully saturated rings. The van der Waals surface area contributed by atoms with E-state index < -0.39 is 0 Å². The molecule has 0 bridgehead atoms. The molecule has 0 saturated heterocycles. The summed E-state index contributed by atoms with van der Waals surface area (Å²) >= 11 is 0. The Kier molecular flexibility index (Phi) is 7.14. The van der Waals surface area contributed by atoms with Crippen LogP contribution in [0.1, 0.15) is 24.6 Å². The van der Waals surface area contributed by atoms with Crippen LogP contribution in [0.4, 0.5) is 0 Å². The summed E-state index contributed by atoms with van der Waals surface area (Å²) in [6.45, 7) is 7.05. The number of ether oxygens (including phenoxy) is 1. The Balaban J connectivity index is 1.71. The van der Waals surface area contributed by atoms with Gasteiger partial charge in [0.15, 0.2) is 5.96 Å². The quantitative estimate of drug-likeness (QED) is 0.443. The minimum Gasteiger partial charge on any atom is -0.494 e. The van der Waals surface area contributed by atoms with Gasteiger partial charge in [0.1, 0.15) is 5.75 Å². The van der Waals surface area contributed by atoms with Crippen LogP contribution >= 0.6 is 0 Å². The Labute approximate surface area is 143 Å². The van der Waals surface area contributed by atoms with Crippen molar-refractivity contribution in [2.45, 2.75) is 26.8 Å². The molecule has 1 aromatic carbocycles. The lowest BCUT2D eigenvalue weighted by molar-refractivity contribution is 0.311. The number of aromatic nitrogens is 2. The summed E-state index contributed by atoms with van der Waals surface area (Å²) in [5.74, 6) is 1.73. The summed E-state index contributed by atoms with van der Waals surface area (Å²) in [4.78, 5) is 4.58. The van der Waals surface area contributed by atoms with Gasteiger partial charge >= 0.3 is 0 Å². The Morgan fingerprint density at radius 1 is 1.21 bits per heavy atom. The summed E-state index contributed by atoms with van der Waals surface area (Å²) < 4.78 is 7.56. The molecule has 0 amide bonds. The molecule has 0 atom stereocenters. The maximum atomic E-state index is 5.73. The molecule has 0 aliphatic carbocycles. The van der Waals surface area contributed by atoms with Gasteiger partial charge in [-0.25, -0.2) is 4.99 Å². The Bertz CT molecular complexity index is 633. The van der Waals surface area contributed by atoms with E-state index in [1.165, 1.54) is 5.56 Å². The van der Waals surface area contributed by atoms with Crippen molar-refractivity contribution in [2.75, 3.05) is 19.7 Å². The molecule has 0 unspecified atom stereocenters. The van der Waals surface area contributed by atoms with Crippen molar-refractivity contribution in [3.8, 4) is 5.75 Å². The number of nitrogens with zero attached hydrogens (tertiary/aromatic N) is 3. The second-order valence-corrected chi connectivity index (χ2v) is 5.58. The van der Waals surface area contributed by atoms with Crippen molar-refractivity contribution in [3.63, 3.8) is 0 Å². The number of benzene rings is 1. The van der Waals surface area contributed by atoms with Crippen molar-refractivity contribution in [3.05, 3.63) is 47.8 Å². The van der Waals surface area contributed by atoms with Gasteiger partial charge in [0, 0.05) is 26.3 Å². The molecular weight excluding hydrogens is 302 g/mol. The van der Waals surface area contributed by atoms with E-state index in [0.29, 0.717) is 13.2 Å². The first-order valence-electron chi connectivity index (χ1n) is 8.37. The second kappa shape index (κ2) is 9.60. The molecular formula is C18H27N5O. The van der Waals surface area contributed by atoms with Gasteiger partial charge in [-0.15, -0.1) is 0 Å². The van der Waals surface area contributed by atoms with Crippen molar-refractivity contribution < 1.29 is 4.74 Å². The fraction of sp³-hybridized carbons (Fsp3) is 0.444. The monoisotopic (exact) mass is 329 g/mol. The van der Waals surface area contributed by atoms with Gasteiger partial charge in [0.25, 0.3) is 0 Å². The van der Waals surface area contributed by atoms with Crippen LogP contribution in [0.25, 0.3) is 0 Å². The van der Waals surface area contributed by atoms with Gasteiger partial charge in [-0.3, -0.25) is 4.68 Å². The maximum Gasteiger partial charge on any atom is 0.191 e. The molecule has 0 spiro atoms. The molecule has 2 N–H and O–H groups in total. The molecule has 130 valence electrons. The first-order chi connectivity index (χ1) is 11.7. The van der Waals surface area contributed by atoms with Gasteiger partial charge in [-0.05, 0) is 38.5 Å². The Morgan fingerprint density at radius 3 is 2.67 bits per heavy atom. The van der Waals surface area contributed by atoms with Crippen molar-refractivity contribution in [1.82, 2.24) is 20.4 Å². The van der Waals surface area contributed by atoms with Crippen molar-refractivity contribution in [2.24, 2.45) is 12.0 Å². The van der Waals surface area contributed by atoms with Crippen LogP contribution in [-0.2, 0) is 13.6 Å². The second-order valence-electron chi connectivity index (χ2n) is 5.58. The van der Waals surface area contributed by atoms with Gasteiger partial charge < -0.3 is 15.4 Å². The number of hydrogen-bond donors (Lipinski definition) is 2. The van der Waals surface area contributed by atoms with E-state index in [0.717, 1.165) is 36.9 Å². The fourth-order valence-electron chi connectivity index (χ4n) is 2.16. The molecule has 6 heteroatoms. The zero-order valence-corrected chi connectivity index (χ0v) is 14.7. The molecule has 2 aromatic rings. The minimum absolute atomic E-state index is 0.603. The number of nitrogens with one attached hydrogen (secondary N) is 2. The van der Waals surface area contributed by atoms with Crippen LogP contribution in [0.2, 0.25) is 0 Å². The van der Waals surface area contributed by atoms with Crippen LogP contribution in [0, 0.1) is 6.92 Å². The highest BCUT2D eigenvalue weighted by atomic mass is 16.5. The third-order valence-corrected chi connectivity index (χ3v) is 3.57. The Morgan fingerprint density at radius 2 is 2.00 bits per heavy atom. The van der Waals surface area contributed by atoms with E-state index in [9.17, 15) is 0 Å². The summed E-state index contributed by atoms with van der Waals surface area (Å²) in [6, 6.07) is 10.1. The number of rotatable bonds is 8. The third kappa shape index (κ3) is 5.95. The summed E-state index contributed by atoms with van der Waals surface area (Å²) in [7, 11) is 1.92. The third-order valence-electron chi connectivity index (χ3n) is 3.57. The van der Waals surface area contributed by atoms with Crippen LogP contribution in [0.15, 0.2) is 41.5 Å². The lowest BCUT2D eigenvalue weighted by Gasteiger charge is -2.12. The lowest BCUT2D eigenvalue weighted by atomic mass is 10.2. The van der Waals surface area contributed by atoms with Gasteiger partial charge in [0.2, 0.25) is 0 Å². The standard InChI is InChI=1S/C18H27N5O/c1-4-19-18(21-14-16-10-12-22-23(16)3)20-11-5-13-24-17-8-6-15(2)7-9-17/h6-10,12H,4-5,11,13-14H2,1-3H3,(H2,19,20,21). The molecule has 1 heterocycles. The highest BCUT2D eigenvalue weighted by Crippen LogP contribution is 2.11. The highest BCUT2D eigenvalue weighted by molar-refractivity contribution is 5.79. The number of aryl methyl sites for hydroxylation is 2. The Hall–Kier alpha value is -2.50. The molecule has 6 nitrogen and oxygen atoms in total. The predicted molar refractivity (Wildman–Crippen MR) is 97.3 cm³/mol. The van der Waals surface area contributed by atoms with E-state index in [2.05, 4.69) is 46.7 Å². The molecule has 0 aliphatic heterocycles. The number of aliphatic imine (C=N–C) groups is 1. The summed E-state index contributed by atoms with van der Waals surface area (Å²) in [6.07, 6.45) is 2.69. The highest BCUT2D eigenvalue weighted by Gasteiger charge is 2.00. The lowest BCUT2D eigenvalue weighted by Crippen LogP contribution is -2.38. The van der Waals surface area contributed by atoms with Crippen LogP contribution in [-0.4, -0.2) is 35.4 Å². The van der Waals surface area contributed by atoms with Crippen LogP contribution < -0.4 is 15.4 Å². The molecule has 1 aromatic heterocycles. The zero-order valence-electron chi connectivity index (χ0n) is 14.7. The average Bonchev–Trinajstić information content (AvgIpc) is 2.99. The summed E-state index contributed by atoms with van der Waals surface area (Å²) in [5, 5.41) is 10.7. The number of hydrogen-bond acceptors (Lipinski definition) is 3. The maximum absolute atomic E-state index is 5.73. The first-order valence-corrected chi connectivity index (χ1v) is 8.37. The van der Waals surface area contributed by atoms with E-state index in [1.807, 2.05) is 29.9 Å². The van der Waals surface area contributed by atoms with Crippen LogP contribution in [0.3, 0.4) is 0 Å². The van der Waals surface area contributed by atoms with E-state index >= 15 is 0 Å². The van der Waals surface area contributed by atoms with E-state index in [4.69, 9.17) is 4.74 Å². The van der Waals surface area contributed by atoms with E-state index in [-0.39, 0.29) is 0 Å². The van der Waals surface area contributed by atoms with Crippen LogP contribution in [0.5, 0.6) is 5.75 Å². The largest absolute Gasteiger partial charge is 0.494 e. The smallest absolute Gasteiger partial charge is 0.191 e. The molecule has 24 heavy (non-hydrogen) atoms. The molecule has 0 aliphatic rings.